The fourth-order valence-electron chi connectivity index (χ4n) is 3.86. The molecule has 1 spiro atoms. The molecular weight excluding hydrogens is 308 g/mol. The van der Waals surface area contributed by atoms with Gasteiger partial charge in [-0.05, 0) is 19.3 Å². The third kappa shape index (κ3) is 3.61. The van der Waals surface area contributed by atoms with Crippen LogP contribution in [0.4, 0.5) is 5.82 Å². The molecule has 2 fully saturated rings. The van der Waals surface area contributed by atoms with Crippen LogP contribution in [0.2, 0.25) is 0 Å². The number of carbonyl (C=O) groups is 1. The number of likely N-dealkylation sites (tertiary alicyclic amines) is 1. The molecule has 1 unspecified atom stereocenters. The molecule has 7 nitrogen and oxygen atoms in total. The van der Waals surface area contributed by atoms with Gasteiger partial charge in [0.2, 0.25) is 11.8 Å². The van der Waals surface area contributed by atoms with Crippen molar-refractivity contribution in [3.05, 3.63) is 12.4 Å². The Morgan fingerprint density at radius 2 is 2.12 bits per heavy atom. The Morgan fingerprint density at radius 3 is 2.92 bits per heavy atom. The lowest BCUT2D eigenvalue weighted by Gasteiger charge is -2.48. The number of aromatic nitrogens is 2. The van der Waals surface area contributed by atoms with E-state index in [1.807, 2.05) is 11.0 Å². The van der Waals surface area contributed by atoms with Gasteiger partial charge in [-0.3, -0.25) is 4.79 Å². The number of carbonyl (C=O) groups excluding carboxylic acids is 1. The first-order chi connectivity index (χ1) is 11.7. The maximum absolute atomic E-state index is 12.2. The van der Waals surface area contributed by atoms with Crippen molar-refractivity contribution in [3.8, 4) is 5.88 Å². The normalized spacial score (nSPS) is 24.5. The van der Waals surface area contributed by atoms with Crippen molar-refractivity contribution in [1.29, 1.82) is 0 Å². The highest BCUT2D eigenvalue weighted by atomic mass is 16.5. The Morgan fingerprint density at radius 1 is 1.25 bits per heavy atom. The summed E-state index contributed by atoms with van der Waals surface area (Å²) >= 11 is 0. The van der Waals surface area contributed by atoms with Gasteiger partial charge in [0, 0.05) is 51.2 Å². The molecule has 132 valence electrons. The second-order valence-corrected chi connectivity index (χ2v) is 6.75. The van der Waals surface area contributed by atoms with E-state index in [4.69, 9.17) is 9.47 Å². The summed E-state index contributed by atoms with van der Waals surface area (Å²) < 4.78 is 10.4. The number of hydrogen-bond acceptors (Lipinski definition) is 6. The summed E-state index contributed by atoms with van der Waals surface area (Å²) in [7, 11) is 3.29. The highest BCUT2D eigenvalue weighted by Gasteiger charge is 2.41. The van der Waals surface area contributed by atoms with E-state index in [-0.39, 0.29) is 11.3 Å². The van der Waals surface area contributed by atoms with Crippen molar-refractivity contribution >= 4 is 11.7 Å². The van der Waals surface area contributed by atoms with Crippen LogP contribution >= 0.6 is 0 Å². The van der Waals surface area contributed by atoms with E-state index < -0.39 is 0 Å². The lowest BCUT2D eigenvalue weighted by atomic mass is 9.73. The molecule has 7 heteroatoms. The van der Waals surface area contributed by atoms with Crippen molar-refractivity contribution in [2.45, 2.75) is 25.7 Å². The van der Waals surface area contributed by atoms with E-state index in [2.05, 4.69) is 14.9 Å². The third-order valence-corrected chi connectivity index (χ3v) is 5.14. The molecule has 3 heterocycles. The summed E-state index contributed by atoms with van der Waals surface area (Å²) in [6, 6.07) is 1.88. The standard InChI is InChI=1S/C17H26N4O3/c1-23-9-8-21-12-17(6-4-16(21)22)5-3-7-20(11-17)14-10-15(24-2)19-13-18-14/h10,13H,3-9,11-12H2,1-2H3. The third-order valence-electron chi connectivity index (χ3n) is 5.14. The number of ether oxygens (including phenoxy) is 2. The average molecular weight is 334 g/mol. The van der Waals surface area contributed by atoms with E-state index in [1.165, 1.54) is 0 Å². The van der Waals surface area contributed by atoms with Crippen molar-refractivity contribution in [2.75, 3.05) is 51.9 Å². The zero-order valence-electron chi connectivity index (χ0n) is 14.5. The SMILES string of the molecule is COCCN1CC2(CCCN(c3cc(OC)ncn3)C2)CCC1=O. The van der Waals surface area contributed by atoms with Crippen LogP contribution in [0, 0.1) is 5.41 Å². The van der Waals surface area contributed by atoms with Crippen LogP contribution in [-0.4, -0.2) is 67.8 Å². The Hall–Kier alpha value is -1.89. The van der Waals surface area contributed by atoms with E-state index in [0.717, 1.165) is 44.7 Å². The Bertz CT molecular complexity index is 583. The molecule has 2 saturated heterocycles. The fourth-order valence-corrected chi connectivity index (χ4v) is 3.86. The Balaban J connectivity index is 1.72. The minimum Gasteiger partial charge on any atom is -0.481 e. The van der Waals surface area contributed by atoms with E-state index >= 15 is 0 Å². The topological polar surface area (TPSA) is 67.8 Å². The minimum absolute atomic E-state index is 0.151. The van der Waals surface area contributed by atoms with Gasteiger partial charge in [-0.1, -0.05) is 0 Å². The van der Waals surface area contributed by atoms with Crippen molar-refractivity contribution in [1.82, 2.24) is 14.9 Å². The van der Waals surface area contributed by atoms with Crippen molar-refractivity contribution < 1.29 is 14.3 Å². The number of methoxy groups -OCH3 is 2. The molecule has 0 bridgehead atoms. The molecule has 0 saturated carbocycles. The van der Waals surface area contributed by atoms with Gasteiger partial charge in [-0.15, -0.1) is 0 Å². The maximum atomic E-state index is 12.2. The molecule has 0 aromatic carbocycles. The fraction of sp³-hybridized carbons (Fsp3) is 0.706. The van der Waals surface area contributed by atoms with E-state index in [0.29, 0.717) is 25.5 Å². The number of hydrogen-bond donors (Lipinski definition) is 0. The molecule has 1 aromatic rings. The van der Waals surface area contributed by atoms with Crippen molar-refractivity contribution in [3.63, 3.8) is 0 Å². The number of anilines is 1. The quantitative estimate of drug-likeness (QED) is 0.809. The summed E-state index contributed by atoms with van der Waals surface area (Å²) in [5.41, 5.74) is 0.151. The number of nitrogens with zero attached hydrogens (tertiary/aromatic N) is 4. The van der Waals surface area contributed by atoms with Gasteiger partial charge in [0.25, 0.3) is 0 Å². The van der Waals surface area contributed by atoms with Gasteiger partial charge in [0.1, 0.15) is 12.1 Å². The van der Waals surface area contributed by atoms with Gasteiger partial charge in [-0.2, -0.15) is 0 Å². The van der Waals surface area contributed by atoms with Gasteiger partial charge in [0.15, 0.2) is 0 Å². The first-order valence-corrected chi connectivity index (χ1v) is 8.53. The second kappa shape index (κ2) is 7.34. The summed E-state index contributed by atoms with van der Waals surface area (Å²) in [5, 5.41) is 0. The van der Waals surface area contributed by atoms with Crippen LogP contribution in [0.1, 0.15) is 25.7 Å². The predicted octanol–water partition coefficient (Wildman–Crippen LogP) is 1.34. The molecule has 2 aliphatic heterocycles. The minimum atomic E-state index is 0.151. The summed E-state index contributed by atoms with van der Waals surface area (Å²) in [5.74, 6) is 1.74. The number of piperidine rings is 2. The molecule has 1 aromatic heterocycles. The largest absolute Gasteiger partial charge is 0.481 e. The monoisotopic (exact) mass is 334 g/mol. The smallest absolute Gasteiger partial charge is 0.222 e. The van der Waals surface area contributed by atoms with E-state index in [9.17, 15) is 4.79 Å². The lowest BCUT2D eigenvalue weighted by Crippen LogP contribution is -2.54. The molecule has 2 aliphatic rings. The van der Waals surface area contributed by atoms with Crippen LogP contribution in [0.25, 0.3) is 0 Å². The molecule has 3 rings (SSSR count). The average Bonchev–Trinajstić information content (AvgIpc) is 2.63. The van der Waals surface area contributed by atoms with Crippen LogP contribution in [0.3, 0.4) is 0 Å². The Labute approximate surface area is 143 Å². The zero-order valence-corrected chi connectivity index (χ0v) is 14.5. The highest BCUT2D eigenvalue weighted by Crippen LogP contribution is 2.40. The molecule has 0 aliphatic carbocycles. The summed E-state index contributed by atoms with van der Waals surface area (Å²) in [6.45, 7) is 3.98. The number of amides is 1. The molecule has 0 N–H and O–H groups in total. The van der Waals surface area contributed by atoms with Crippen LogP contribution in [-0.2, 0) is 9.53 Å². The molecule has 1 atom stereocenters. The molecule has 0 radical (unpaired) electrons. The summed E-state index contributed by atoms with van der Waals surface area (Å²) in [6.07, 6.45) is 5.39. The van der Waals surface area contributed by atoms with Gasteiger partial charge in [0.05, 0.1) is 13.7 Å². The predicted molar refractivity (Wildman–Crippen MR) is 90.2 cm³/mol. The van der Waals surface area contributed by atoms with E-state index in [1.54, 1.807) is 20.5 Å². The molecule has 24 heavy (non-hydrogen) atoms. The van der Waals surface area contributed by atoms with Gasteiger partial charge >= 0.3 is 0 Å². The van der Waals surface area contributed by atoms with Crippen LogP contribution in [0.5, 0.6) is 5.88 Å². The van der Waals surface area contributed by atoms with Gasteiger partial charge in [-0.25, -0.2) is 9.97 Å². The van der Waals surface area contributed by atoms with Crippen molar-refractivity contribution in [2.24, 2.45) is 5.41 Å². The molecule has 1 amide bonds. The second-order valence-electron chi connectivity index (χ2n) is 6.75. The first-order valence-electron chi connectivity index (χ1n) is 8.53. The Kier molecular flexibility index (Phi) is 5.18. The lowest BCUT2D eigenvalue weighted by molar-refractivity contribution is -0.138. The maximum Gasteiger partial charge on any atom is 0.222 e. The molecular formula is C17H26N4O3. The number of rotatable bonds is 5. The zero-order chi connectivity index (χ0) is 17.0. The highest BCUT2D eigenvalue weighted by molar-refractivity contribution is 5.77. The van der Waals surface area contributed by atoms with Gasteiger partial charge < -0.3 is 19.3 Å². The summed E-state index contributed by atoms with van der Waals surface area (Å²) in [4.78, 5) is 24.9. The first kappa shape index (κ1) is 17.0. The van der Waals surface area contributed by atoms with Crippen LogP contribution in [0.15, 0.2) is 12.4 Å². The van der Waals surface area contributed by atoms with Crippen LogP contribution < -0.4 is 9.64 Å².